The number of hydrogen-bond acceptors (Lipinski definition) is 1. The number of hydrogen-bond donors (Lipinski definition) is 0. The normalized spacial score (nSPS) is 12.7. The Morgan fingerprint density at radius 1 is 0.373 bits per heavy atom. The molecule has 1 aromatic heterocycles. The lowest BCUT2D eigenvalue weighted by atomic mass is 9.82. The summed E-state index contributed by atoms with van der Waals surface area (Å²) in [6.45, 7) is 4.73. The molecule has 1 heterocycles. The lowest BCUT2D eigenvalue weighted by molar-refractivity contribution is 0.660. The van der Waals surface area contributed by atoms with Crippen LogP contribution < -0.4 is 4.90 Å². The number of fused-ring (bicyclic) bond motifs is 6. The number of benzene rings is 9. The highest BCUT2D eigenvalue weighted by atomic mass is 15.2. The van der Waals surface area contributed by atoms with Gasteiger partial charge in [-0.1, -0.05) is 184 Å². The zero-order chi connectivity index (χ0) is 39.5. The zero-order valence-electron chi connectivity index (χ0n) is 33.2. The maximum Gasteiger partial charge on any atom is 0.0562 e. The molecule has 0 N–H and O–H groups in total. The van der Waals surface area contributed by atoms with Gasteiger partial charge >= 0.3 is 0 Å². The largest absolute Gasteiger partial charge is 0.309 e. The number of rotatable bonds is 7. The molecule has 1 aliphatic carbocycles. The van der Waals surface area contributed by atoms with Crippen molar-refractivity contribution < 1.29 is 0 Å². The Hall–Kier alpha value is -7.42. The lowest BCUT2D eigenvalue weighted by Gasteiger charge is -2.30. The molecule has 2 nitrogen and oxygen atoms in total. The predicted molar refractivity (Wildman–Crippen MR) is 249 cm³/mol. The van der Waals surface area contributed by atoms with Gasteiger partial charge in [0.05, 0.1) is 28.1 Å². The quantitative estimate of drug-likeness (QED) is 0.157. The number of anilines is 3. The Kier molecular flexibility index (Phi) is 8.20. The summed E-state index contributed by atoms with van der Waals surface area (Å²) in [5.74, 6) is 0. The maximum atomic E-state index is 2.51. The molecule has 59 heavy (non-hydrogen) atoms. The van der Waals surface area contributed by atoms with Crippen molar-refractivity contribution in [2.45, 2.75) is 19.3 Å². The fourth-order valence-electron chi connectivity index (χ4n) is 9.61. The Labute approximate surface area is 345 Å². The first-order valence-corrected chi connectivity index (χ1v) is 20.5. The molecule has 0 fully saturated rings. The molecule has 11 rings (SSSR count). The first-order valence-electron chi connectivity index (χ1n) is 20.5. The summed E-state index contributed by atoms with van der Waals surface area (Å²) in [5.41, 5.74) is 19.2. The van der Waals surface area contributed by atoms with Gasteiger partial charge in [0.25, 0.3) is 0 Å². The van der Waals surface area contributed by atoms with E-state index in [-0.39, 0.29) is 5.41 Å². The van der Waals surface area contributed by atoms with Crippen molar-refractivity contribution in [3.8, 4) is 50.2 Å². The molecule has 0 saturated carbocycles. The van der Waals surface area contributed by atoms with E-state index in [4.69, 9.17) is 0 Å². The third-order valence-electron chi connectivity index (χ3n) is 12.4. The molecular formula is C57H42N2. The summed E-state index contributed by atoms with van der Waals surface area (Å²) in [6.07, 6.45) is 0. The SMILES string of the molecule is CC1(C)c2ccccc2-c2ccc(N(c3ccccc3-c3ccccc3)c3cccc4c3c3ccccc3n4-c3ccc(-c4ccccc4)cc3-c3ccccc3)cc21. The van der Waals surface area contributed by atoms with Crippen LogP contribution in [0.15, 0.2) is 218 Å². The summed E-state index contributed by atoms with van der Waals surface area (Å²) in [4.78, 5) is 2.51. The van der Waals surface area contributed by atoms with Crippen molar-refractivity contribution in [3.05, 3.63) is 230 Å². The highest BCUT2D eigenvalue weighted by Gasteiger charge is 2.36. The molecule has 280 valence electrons. The van der Waals surface area contributed by atoms with Crippen LogP contribution in [0.3, 0.4) is 0 Å². The van der Waals surface area contributed by atoms with Gasteiger partial charge in [0.15, 0.2) is 0 Å². The van der Waals surface area contributed by atoms with Crippen LogP contribution in [-0.2, 0) is 5.41 Å². The van der Waals surface area contributed by atoms with Gasteiger partial charge in [-0.25, -0.2) is 0 Å². The highest BCUT2D eigenvalue weighted by molar-refractivity contribution is 6.17. The van der Waals surface area contributed by atoms with Crippen LogP contribution in [0.25, 0.3) is 72.0 Å². The van der Waals surface area contributed by atoms with Crippen LogP contribution in [0.1, 0.15) is 25.0 Å². The molecule has 2 heteroatoms. The smallest absolute Gasteiger partial charge is 0.0562 e. The number of nitrogens with zero attached hydrogens (tertiary/aromatic N) is 2. The van der Waals surface area contributed by atoms with E-state index in [9.17, 15) is 0 Å². The Morgan fingerprint density at radius 2 is 0.949 bits per heavy atom. The van der Waals surface area contributed by atoms with Crippen LogP contribution in [-0.4, -0.2) is 4.57 Å². The fourth-order valence-corrected chi connectivity index (χ4v) is 9.61. The van der Waals surface area contributed by atoms with E-state index in [1.807, 2.05) is 0 Å². The number of para-hydroxylation sites is 2. The maximum absolute atomic E-state index is 2.51. The van der Waals surface area contributed by atoms with E-state index in [0.29, 0.717) is 0 Å². The van der Waals surface area contributed by atoms with Crippen molar-refractivity contribution in [1.82, 2.24) is 4.57 Å². The van der Waals surface area contributed by atoms with Crippen LogP contribution in [0, 0.1) is 0 Å². The van der Waals surface area contributed by atoms with Gasteiger partial charge in [0.1, 0.15) is 0 Å². The van der Waals surface area contributed by atoms with Crippen molar-refractivity contribution in [2.24, 2.45) is 0 Å². The second-order valence-electron chi connectivity index (χ2n) is 16.1. The van der Waals surface area contributed by atoms with Crippen LogP contribution in [0.2, 0.25) is 0 Å². The molecular weight excluding hydrogens is 713 g/mol. The van der Waals surface area contributed by atoms with Crippen LogP contribution >= 0.6 is 0 Å². The minimum absolute atomic E-state index is 0.145. The molecule has 0 unspecified atom stereocenters. The molecule has 0 aliphatic heterocycles. The molecule has 9 aromatic carbocycles. The van der Waals surface area contributed by atoms with Gasteiger partial charge in [-0.2, -0.15) is 0 Å². The minimum Gasteiger partial charge on any atom is -0.309 e. The molecule has 0 amide bonds. The van der Waals surface area contributed by atoms with Crippen molar-refractivity contribution in [1.29, 1.82) is 0 Å². The average Bonchev–Trinajstić information content (AvgIpc) is 3.76. The van der Waals surface area contributed by atoms with Gasteiger partial charge in [0, 0.05) is 33.0 Å². The van der Waals surface area contributed by atoms with Gasteiger partial charge in [-0.15, -0.1) is 0 Å². The van der Waals surface area contributed by atoms with Gasteiger partial charge < -0.3 is 9.47 Å². The fraction of sp³-hybridized carbons (Fsp3) is 0.0526. The predicted octanol–water partition coefficient (Wildman–Crippen LogP) is 15.6. The Morgan fingerprint density at radius 3 is 1.71 bits per heavy atom. The van der Waals surface area contributed by atoms with Crippen LogP contribution in [0.4, 0.5) is 17.1 Å². The molecule has 0 bridgehead atoms. The molecule has 0 spiro atoms. The summed E-state index contributed by atoms with van der Waals surface area (Å²) in [6, 6.07) is 79.9. The second-order valence-corrected chi connectivity index (χ2v) is 16.1. The topological polar surface area (TPSA) is 8.17 Å². The van der Waals surface area contributed by atoms with E-state index >= 15 is 0 Å². The average molecular weight is 755 g/mol. The summed E-state index contributed by atoms with van der Waals surface area (Å²) >= 11 is 0. The first kappa shape index (κ1) is 34.8. The molecule has 0 saturated heterocycles. The van der Waals surface area contributed by atoms with Gasteiger partial charge in [0.2, 0.25) is 0 Å². The molecule has 1 aliphatic rings. The van der Waals surface area contributed by atoms with Crippen LogP contribution in [0.5, 0.6) is 0 Å². The summed E-state index contributed by atoms with van der Waals surface area (Å²) < 4.78 is 2.48. The summed E-state index contributed by atoms with van der Waals surface area (Å²) in [7, 11) is 0. The van der Waals surface area contributed by atoms with Crippen molar-refractivity contribution in [2.75, 3.05) is 4.90 Å². The van der Waals surface area contributed by atoms with Crippen molar-refractivity contribution in [3.63, 3.8) is 0 Å². The van der Waals surface area contributed by atoms with E-state index in [1.165, 1.54) is 71.9 Å². The summed E-state index contributed by atoms with van der Waals surface area (Å²) in [5, 5.41) is 2.42. The third kappa shape index (κ3) is 5.63. The minimum atomic E-state index is -0.145. The molecule has 0 radical (unpaired) electrons. The van der Waals surface area contributed by atoms with Gasteiger partial charge in [-0.05, 0) is 93.0 Å². The molecule has 0 atom stereocenters. The lowest BCUT2D eigenvalue weighted by Crippen LogP contribution is -2.17. The molecule has 10 aromatic rings. The Balaban J connectivity index is 1.20. The zero-order valence-corrected chi connectivity index (χ0v) is 33.2. The number of aromatic nitrogens is 1. The first-order chi connectivity index (χ1) is 29.1. The monoisotopic (exact) mass is 754 g/mol. The highest BCUT2D eigenvalue weighted by Crippen LogP contribution is 2.52. The van der Waals surface area contributed by atoms with E-state index in [1.54, 1.807) is 0 Å². The standard InChI is InChI=1S/C57H42N2/c1-57(2)49-28-15-12-26-45(49)46-35-34-43(38-50(46)57)58(51-29-16-13-25-44(51)40-21-8-4-9-22-40)54-31-18-32-55-56(54)47-27-14-17-30-52(47)59(55)53-36-33-42(39-19-6-3-7-20-39)37-48(53)41-23-10-5-11-24-41/h3-38H,1-2H3. The van der Waals surface area contributed by atoms with E-state index in [2.05, 4.69) is 242 Å². The van der Waals surface area contributed by atoms with E-state index in [0.717, 1.165) is 28.3 Å². The van der Waals surface area contributed by atoms with Gasteiger partial charge in [-0.3, -0.25) is 0 Å². The van der Waals surface area contributed by atoms with Crippen molar-refractivity contribution >= 4 is 38.9 Å². The second kappa shape index (κ2) is 13.9. The van der Waals surface area contributed by atoms with E-state index < -0.39 is 0 Å². The Bertz CT molecular complexity index is 3170. The third-order valence-corrected chi connectivity index (χ3v) is 12.4.